The molecule has 20 heavy (non-hydrogen) atoms. The number of alkyl halides is 2. The molecule has 1 heterocycles. The first kappa shape index (κ1) is 14.0. The molecule has 2 nitrogen and oxygen atoms in total. The fourth-order valence-corrected chi connectivity index (χ4v) is 3.86. The third kappa shape index (κ3) is 3.03. The van der Waals surface area contributed by atoms with Gasteiger partial charge in [-0.05, 0) is 50.2 Å². The van der Waals surface area contributed by atoms with Gasteiger partial charge in [0.05, 0.1) is 4.88 Å². The lowest BCUT2D eigenvalue weighted by Crippen LogP contribution is -2.40. The molecule has 2 aliphatic carbocycles. The molecule has 1 N–H and O–H groups in total. The van der Waals surface area contributed by atoms with Crippen molar-refractivity contribution in [3.8, 4) is 0 Å². The molecular formula is C15H19F2NOS. The van der Waals surface area contributed by atoms with E-state index in [9.17, 15) is 13.6 Å². The topological polar surface area (TPSA) is 29.1 Å². The van der Waals surface area contributed by atoms with Crippen molar-refractivity contribution in [2.75, 3.05) is 0 Å². The zero-order valence-corrected chi connectivity index (χ0v) is 12.4. The Hall–Kier alpha value is -0.970. The Labute approximate surface area is 121 Å². The van der Waals surface area contributed by atoms with E-state index in [2.05, 4.69) is 12.2 Å². The van der Waals surface area contributed by atoms with Crippen LogP contribution in [0.15, 0.2) is 6.07 Å². The fraction of sp³-hybridized carbons (Fsp3) is 0.667. The summed E-state index contributed by atoms with van der Waals surface area (Å²) in [5, 5.41) is 2.91. The second kappa shape index (κ2) is 5.10. The molecule has 0 spiro atoms. The highest BCUT2D eigenvalue weighted by Gasteiger charge is 2.35. The molecule has 0 radical (unpaired) electrons. The molecule has 2 fully saturated rings. The highest BCUT2D eigenvalue weighted by molar-refractivity contribution is 7.14. The molecule has 0 atom stereocenters. The molecule has 5 heteroatoms. The summed E-state index contributed by atoms with van der Waals surface area (Å²) in [6.45, 7) is 2.05. The van der Waals surface area contributed by atoms with Gasteiger partial charge in [0, 0.05) is 23.8 Å². The molecule has 0 saturated heterocycles. The summed E-state index contributed by atoms with van der Waals surface area (Å²) in [6, 6.07) is 1.89. The summed E-state index contributed by atoms with van der Waals surface area (Å²) >= 11 is 1.52. The van der Waals surface area contributed by atoms with E-state index in [1.807, 2.05) is 6.07 Å². The van der Waals surface area contributed by atoms with Crippen molar-refractivity contribution in [1.82, 2.24) is 5.32 Å². The summed E-state index contributed by atoms with van der Waals surface area (Å²) in [5.74, 6) is -2.00. The SMILES string of the molecule is Cc1sc(C(=O)NC2CCC(F)(F)CC2)cc1C1CC1. The average molecular weight is 299 g/mol. The minimum Gasteiger partial charge on any atom is -0.349 e. The lowest BCUT2D eigenvalue weighted by Gasteiger charge is -2.28. The summed E-state index contributed by atoms with van der Waals surface area (Å²) in [5.41, 5.74) is 1.30. The molecule has 1 amide bonds. The minimum atomic E-state index is -2.54. The third-order valence-corrected chi connectivity index (χ3v) is 5.31. The number of halogens is 2. The first-order chi connectivity index (χ1) is 9.44. The van der Waals surface area contributed by atoms with Crippen molar-refractivity contribution < 1.29 is 13.6 Å². The zero-order valence-electron chi connectivity index (χ0n) is 11.5. The van der Waals surface area contributed by atoms with Crippen molar-refractivity contribution >= 4 is 17.2 Å². The van der Waals surface area contributed by atoms with Crippen LogP contribution < -0.4 is 5.32 Å². The van der Waals surface area contributed by atoms with Crippen molar-refractivity contribution in [2.45, 2.75) is 63.3 Å². The number of amides is 1. The fourth-order valence-electron chi connectivity index (χ4n) is 2.85. The summed E-state index contributed by atoms with van der Waals surface area (Å²) < 4.78 is 26.2. The second-order valence-corrected chi connectivity index (χ2v) is 7.26. The smallest absolute Gasteiger partial charge is 0.261 e. The maximum Gasteiger partial charge on any atom is 0.261 e. The van der Waals surface area contributed by atoms with Crippen LogP contribution in [0.2, 0.25) is 0 Å². The molecule has 0 aromatic carbocycles. The first-order valence-electron chi connectivity index (χ1n) is 7.24. The largest absolute Gasteiger partial charge is 0.349 e. The van der Waals surface area contributed by atoms with E-state index in [-0.39, 0.29) is 24.8 Å². The highest BCUT2D eigenvalue weighted by atomic mass is 32.1. The molecule has 1 aromatic heterocycles. The van der Waals surface area contributed by atoms with E-state index in [0.29, 0.717) is 18.8 Å². The Morgan fingerprint density at radius 3 is 2.55 bits per heavy atom. The Morgan fingerprint density at radius 2 is 1.95 bits per heavy atom. The maximum absolute atomic E-state index is 13.1. The van der Waals surface area contributed by atoms with Gasteiger partial charge in [-0.15, -0.1) is 11.3 Å². The predicted octanol–water partition coefficient (Wildman–Crippen LogP) is 4.24. The van der Waals surface area contributed by atoms with Crippen molar-refractivity contribution in [3.05, 3.63) is 21.4 Å². The lowest BCUT2D eigenvalue weighted by molar-refractivity contribution is -0.0399. The van der Waals surface area contributed by atoms with Gasteiger partial charge in [-0.2, -0.15) is 0 Å². The van der Waals surface area contributed by atoms with Crippen LogP contribution in [0.25, 0.3) is 0 Å². The quantitative estimate of drug-likeness (QED) is 0.888. The molecule has 1 aromatic rings. The minimum absolute atomic E-state index is 0.0970. The van der Waals surface area contributed by atoms with Gasteiger partial charge in [0.25, 0.3) is 5.91 Å². The van der Waals surface area contributed by atoms with Crippen molar-refractivity contribution in [3.63, 3.8) is 0 Å². The summed E-state index contributed by atoms with van der Waals surface area (Å²) in [6.07, 6.45) is 2.95. The summed E-state index contributed by atoms with van der Waals surface area (Å²) in [7, 11) is 0. The van der Waals surface area contributed by atoms with Gasteiger partial charge in [-0.25, -0.2) is 8.78 Å². The molecule has 3 rings (SSSR count). The van der Waals surface area contributed by atoms with Gasteiger partial charge in [0.2, 0.25) is 5.92 Å². The van der Waals surface area contributed by atoms with Crippen LogP contribution in [0.4, 0.5) is 8.78 Å². The number of thiophene rings is 1. The molecule has 0 bridgehead atoms. The molecule has 110 valence electrons. The van der Waals surface area contributed by atoms with Crippen LogP contribution >= 0.6 is 11.3 Å². The predicted molar refractivity (Wildman–Crippen MR) is 75.7 cm³/mol. The Kier molecular flexibility index (Phi) is 3.56. The van der Waals surface area contributed by atoms with Gasteiger partial charge in [-0.1, -0.05) is 0 Å². The van der Waals surface area contributed by atoms with E-state index in [1.54, 1.807) is 0 Å². The average Bonchev–Trinajstić information content (AvgIpc) is 3.15. The number of carbonyl (C=O) groups is 1. The Morgan fingerprint density at radius 1 is 1.30 bits per heavy atom. The standard InChI is InChI=1S/C15H19F2NOS/c1-9-12(10-2-3-10)8-13(20-9)14(19)18-11-4-6-15(16,17)7-5-11/h8,10-11H,2-7H2,1H3,(H,18,19). The lowest BCUT2D eigenvalue weighted by atomic mass is 9.92. The highest BCUT2D eigenvalue weighted by Crippen LogP contribution is 2.44. The normalized spacial score (nSPS) is 22.8. The van der Waals surface area contributed by atoms with Crippen LogP contribution in [-0.4, -0.2) is 17.9 Å². The maximum atomic E-state index is 13.1. The Balaban J connectivity index is 1.60. The Bertz CT molecular complexity index is 512. The first-order valence-corrected chi connectivity index (χ1v) is 8.05. The molecule has 0 unspecified atom stereocenters. The summed E-state index contributed by atoms with van der Waals surface area (Å²) in [4.78, 5) is 14.1. The van der Waals surface area contributed by atoms with E-state index >= 15 is 0 Å². The van der Waals surface area contributed by atoms with Crippen LogP contribution in [0.5, 0.6) is 0 Å². The van der Waals surface area contributed by atoms with Gasteiger partial charge in [0.15, 0.2) is 0 Å². The van der Waals surface area contributed by atoms with Gasteiger partial charge in [-0.3, -0.25) is 4.79 Å². The monoisotopic (exact) mass is 299 g/mol. The number of rotatable bonds is 3. The van der Waals surface area contributed by atoms with E-state index in [4.69, 9.17) is 0 Å². The number of aryl methyl sites for hydroxylation is 1. The second-order valence-electron chi connectivity index (χ2n) is 6.00. The number of nitrogens with one attached hydrogen (secondary N) is 1. The van der Waals surface area contributed by atoms with Crippen molar-refractivity contribution in [1.29, 1.82) is 0 Å². The van der Waals surface area contributed by atoms with Crippen LogP contribution in [0, 0.1) is 6.92 Å². The van der Waals surface area contributed by atoms with E-state index in [1.165, 1.54) is 34.6 Å². The van der Waals surface area contributed by atoms with E-state index < -0.39 is 5.92 Å². The number of hydrogen-bond acceptors (Lipinski definition) is 2. The number of carbonyl (C=O) groups excluding carboxylic acids is 1. The van der Waals surface area contributed by atoms with E-state index in [0.717, 1.165) is 4.88 Å². The van der Waals surface area contributed by atoms with Crippen LogP contribution in [-0.2, 0) is 0 Å². The zero-order chi connectivity index (χ0) is 14.3. The number of hydrogen-bond donors (Lipinski definition) is 1. The van der Waals surface area contributed by atoms with Crippen LogP contribution in [0.1, 0.15) is 64.6 Å². The van der Waals surface area contributed by atoms with Gasteiger partial charge in [0.1, 0.15) is 0 Å². The molecule has 2 aliphatic rings. The van der Waals surface area contributed by atoms with Gasteiger partial charge < -0.3 is 5.32 Å². The van der Waals surface area contributed by atoms with Crippen molar-refractivity contribution in [2.24, 2.45) is 0 Å². The molecule has 0 aliphatic heterocycles. The van der Waals surface area contributed by atoms with Crippen LogP contribution in [0.3, 0.4) is 0 Å². The van der Waals surface area contributed by atoms with Gasteiger partial charge >= 0.3 is 0 Å². The molecular weight excluding hydrogens is 280 g/mol. The molecule has 2 saturated carbocycles. The third-order valence-electron chi connectivity index (χ3n) is 4.25.